The van der Waals surface area contributed by atoms with Crippen molar-refractivity contribution in [2.24, 2.45) is 0 Å². The maximum atomic E-state index is 12.2. The zero-order chi connectivity index (χ0) is 17.8. The Kier molecular flexibility index (Phi) is 4.61. The van der Waals surface area contributed by atoms with Crippen LogP contribution >= 0.6 is 11.3 Å². The van der Waals surface area contributed by atoms with Crippen molar-refractivity contribution in [2.45, 2.75) is 0 Å². The monoisotopic (exact) mass is 364 g/mol. The number of aromatic nitrogens is 2. The Balaban J connectivity index is 1.39. The normalized spacial score (nSPS) is 13.2. The molecule has 0 unspecified atom stereocenters. The quantitative estimate of drug-likeness (QED) is 0.727. The molecule has 2 aromatic heterocycles. The van der Waals surface area contributed by atoms with E-state index in [1.54, 1.807) is 6.20 Å². The third-order valence-electron chi connectivity index (χ3n) is 3.83. The lowest BCUT2D eigenvalue weighted by molar-refractivity contribution is -0.118. The van der Waals surface area contributed by atoms with Gasteiger partial charge in [-0.05, 0) is 36.5 Å². The molecule has 0 saturated heterocycles. The van der Waals surface area contributed by atoms with Crippen molar-refractivity contribution < 1.29 is 9.53 Å². The smallest absolute Gasteiger partial charge is 0.264 e. The predicted octanol–water partition coefficient (Wildman–Crippen LogP) is 3.21. The van der Waals surface area contributed by atoms with Crippen LogP contribution < -0.4 is 15.4 Å². The van der Waals surface area contributed by atoms with E-state index < -0.39 is 0 Å². The van der Waals surface area contributed by atoms with Gasteiger partial charge in [0.25, 0.3) is 5.91 Å². The van der Waals surface area contributed by atoms with Crippen molar-refractivity contribution in [1.82, 2.24) is 15.3 Å². The Bertz CT molecular complexity index is 1000. The number of ether oxygens (including phenoxy) is 1. The third-order valence-corrected chi connectivity index (χ3v) is 4.59. The first-order valence-corrected chi connectivity index (χ1v) is 9.00. The first-order chi connectivity index (χ1) is 12.8. The number of allylic oxidation sites excluding steroid dienone is 2. The molecule has 3 heterocycles. The fraction of sp³-hybridized carbons (Fsp3) is 0.105. The largest absolute Gasteiger partial charge is 0.483 e. The van der Waals surface area contributed by atoms with E-state index in [0.717, 1.165) is 28.7 Å². The van der Waals surface area contributed by atoms with Gasteiger partial charge in [0.2, 0.25) is 0 Å². The number of carbonyl (C=O) groups is 1. The number of hydrogen-bond acceptors (Lipinski definition) is 6. The number of benzene rings is 1. The second-order valence-corrected chi connectivity index (χ2v) is 6.46. The van der Waals surface area contributed by atoms with Gasteiger partial charge in [0, 0.05) is 29.1 Å². The topological polar surface area (TPSA) is 76.1 Å². The molecule has 1 aliphatic heterocycles. The lowest BCUT2D eigenvalue weighted by atomic mass is 10.1. The summed E-state index contributed by atoms with van der Waals surface area (Å²) in [6.45, 7) is 0.689. The number of nitrogens with one attached hydrogen (secondary N) is 2. The summed E-state index contributed by atoms with van der Waals surface area (Å²) in [7, 11) is 0. The van der Waals surface area contributed by atoms with E-state index in [4.69, 9.17) is 4.74 Å². The minimum absolute atomic E-state index is 0.0879. The fourth-order valence-corrected chi connectivity index (χ4v) is 3.34. The Labute approximate surface area is 154 Å². The van der Waals surface area contributed by atoms with Crippen LogP contribution in [0.15, 0.2) is 60.3 Å². The van der Waals surface area contributed by atoms with Gasteiger partial charge in [0.05, 0.1) is 11.2 Å². The summed E-state index contributed by atoms with van der Waals surface area (Å²) >= 11 is 1.39. The van der Waals surface area contributed by atoms with Gasteiger partial charge in [-0.25, -0.2) is 4.98 Å². The van der Waals surface area contributed by atoms with E-state index in [1.165, 1.54) is 11.3 Å². The van der Waals surface area contributed by atoms with Gasteiger partial charge < -0.3 is 10.1 Å². The maximum absolute atomic E-state index is 12.2. The molecule has 2 N–H and O–H groups in total. The fourth-order valence-electron chi connectivity index (χ4n) is 2.61. The Morgan fingerprint density at radius 3 is 3.15 bits per heavy atom. The number of amides is 1. The van der Waals surface area contributed by atoms with E-state index in [-0.39, 0.29) is 12.5 Å². The van der Waals surface area contributed by atoms with Crippen molar-refractivity contribution in [3.05, 3.63) is 66.0 Å². The van der Waals surface area contributed by atoms with E-state index in [1.807, 2.05) is 48.0 Å². The molecule has 0 aliphatic carbocycles. The first kappa shape index (κ1) is 16.3. The number of thiazole rings is 1. The molecule has 3 aromatic rings. The number of fused-ring (bicyclic) bond motifs is 1. The van der Waals surface area contributed by atoms with Gasteiger partial charge in [-0.15, -0.1) is 11.3 Å². The number of carbonyl (C=O) groups excluding carboxylic acids is 1. The molecule has 0 radical (unpaired) electrons. The van der Waals surface area contributed by atoms with Gasteiger partial charge >= 0.3 is 0 Å². The van der Waals surface area contributed by atoms with E-state index >= 15 is 0 Å². The van der Waals surface area contributed by atoms with Crippen LogP contribution in [0.5, 0.6) is 5.75 Å². The summed E-state index contributed by atoms with van der Waals surface area (Å²) in [5.41, 5.74) is 2.72. The average molecular weight is 364 g/mol. The van der Waals surface area contributed by atoms with Crippen LogP contribution in [0.4, 0.5) is 5.13 Å². The molecular weight excluding hydrogens is 348 g/mol. The molecule has 1 aromatic carbocycles. The van der Waals surface area contributed by atoms with E-state index in [2.05, 4.69) is 26.7 Å². The van der Waals surface area contributed by atoms with Gasteiger partial charge in [-0.1, -0.05) is 12.1 Å². The number of pyridine rings is 1. The van der Waals surface area contributed by atoms with Gasteiger partial charge in [-0.3, -0.25) is 15.1 Å². The minimum Gasteiger partial charge on any atom is -0.483 e. The highest BCUT2D eigenvalue weighted by Crippen LogP contribution is 2.25. The average Bonchev–Trinajstić information content (AvgIpc) is 3.15. The number of dihydropyridines is 1. The van der Waals surface area contributed by atoms with Crippen LogP contribution in [-0.2, 0) is 4.79 Å². The van der Waals surface area contributed by atoms with Gasteiger partial charge in [0.1, 0.15) is 5.75 Å². The van der Waals surface area contributed by atoms with Crippen molar-refractivity contribution in [3.63, 3.8) is 0 Å². The molecule has 0 atom stereocenters. The summed E-state index contributed by atoms with van der Waals surface area (Å²) in [5.74, 6) is 0.386. The number of anilines is 1. The summed E-state index contributed by atoms with van der Waals surface area (Å²) < 4.78 is 5.67. The van der Waals surface area contributed by atoms with Gasteiger partial charge in [0.15, 0.2) is 11.7 Å². The van der Waals surface area contributed by atoms with Gasteiger partial charge in [-0.2, -0.15) is 0 Å². The molecule has 4 rings (SSSR count). The second kappa shape index (κ2) is 7.37. The Morgan fingerprint density at radius 2 is 2.27 bits per heavy atom. The number of rotatable bonds is 5. The molecule has 7 heteroatoms. The molecule has 0 spiro atoms. The van der Waals surface area contributed by atoms with Crippen LogP contribution in [-0.4, -0.2) is 29.0 Å². The Hall–Kier alpha value is -3.19. The van der Waals surface area contributed by atoms with Crippen LogP contribution in [0.2, 0.25) is 0 Å². The first-order valence-electron chi connectivity index (χ1n) is 8.12. The van der Waals surface area contributed by atoms with Crippen LogP contribution in [0.25, 0.3) is 16.5 Å². The Morgan fingerprint density at radius 1 is 1.31 bits per heavy atom. The molecule has 0 saturated carbocycles. The maximum Gasteiger partial charge on any atom is 0.264 e. The highest BCUT2D eigenvalue weighted by molar-refractivity contribution is 7.14. The van der Waals surface area contributed by atoms with E-state index in [0.29, 0.717) is 10.9 Å². The molecule has 1 amide bonds. The number of nitrogens with zero attached hydrogens (tertiary/aromatic N) is 2. The zero-order valence-electron chi connectivity index (χ0n) is 13.8. The minimum atomic E-state index is -0.248. The SMILES string of the molecule is O=C(COc1cccc2ncccc12)Nc1nc(C2=CCNC=C2)cs1. The van der Waals surface area contributed by atoms with Crippen LogP contribution in [0.1, 0.15) is 5.69 Å². The highest BCUT2D eigenvalue weighted by atomic mass is 32.1. The second-order valence-electron chi connectivity index (χ2n) is 5.60. The molecule has 26 heavy (non-hydrogen) atoms. The lowest BCUT2D eigenvalue weighted by Crippen LogP contribution is -2.20. The predicted molar refractivity (Wildman–Crippen MR) is 103 cm³/mol. The zero-order valence-corrected chi connectivity index (χ0v) is 14.6. The molecule has 0 fully saturated rings. The summed E-state index contributed by atoms with van der Waals surface area (Å²) in [6, 6.07) is 9.35. The summed E-state index contributed by atoms with van der Waals surface area (Å²) in [4.78, 5) is 20.9. The van der Waals surface area contributed by atoms with Crippen molar-refractivity contribution >= 4 is 38.9 Å². The number of hydrogen-bond donors (Lipinski definition) is 2. The van der Waals surface area contributed by atoms with E-state index in [9.17, 15) is 4.79 Å². The van der Waals surface area contributed by atoms with Crippen LogP contribution in [0.3, 0.4) is 0 Å². The van der Waals surface area contributed by atoms with Crippen LogP contribution in [0, 0.1) is 0 Å². The molecule has 6 nitrogen and oxygen atoms in total. The molecule has 1 aliphatic rings. The molecular formula is C19H16N4O2S. The van der Waals surface area contributed by atoms with Crippen molar-refractivity contribution in [1.29, 1.82) is 0 Å². The summed E-state index contributed by atoms with van der Waals surface area (Å²) in [5, 5.41) is 9.24. The van der Waals surface area contributed by atoms with Crippen molar-refractivity contribution in [2.75, 3.05) is 18.5 Å². The standard InChI is InChI=1S/C19H16N4O2S/c24-18(11-25-17-5-1-4-15-14(17)3-2-8-21-15)23-19-22-16(12-26-19)13-6-9-20-10-7-13/h1-9,12,20H,10-11H2,(H,22,23,24). The summed E-state index contributed by atoms with van der Waals surface area (Å²) in [6.07, 6.45) is 7.63. The third kappa shape index (κ3) is 3.57. The highest BCUT2D eigenvalue weighted by Gasteiger charge is 2.11. The lowest BCUT2D eigenvalue weighted by Gasteiger charge is -2.08. The molecule has 0 bridgehead atoms. The molecule has 130 valence electrons. The van der Waals surface area contributed by atoms with Crippen molar-refractivity contribution in [3.8, 4) is 5.75 Å².